The first kappa shape index (κ1) is 15.5. The normalized spacial score (nSPS) is 22.3. The van der Waals surface area contributed by atoms with Crippen LogP contribution in [0.15, 0.2) is 30.3 Å². The molecule has 1 heterocycles. The van der Waals surface area contributed by atoms with Gasteiger partial charge in [-0.2, -0.15) is 0 Å². The highest BCUT2D eigenvalue weighted by atomic mass is 16.5. The maximum Gasteiger partial charge on any atom is 0.310 e. The number of hydrogen-bond donors (Lipinski definition) is 2. The third kappa shape index (κ3) is 4.29. The zero-order chi connectivity index (χ0) is 15.1. The minimum atomic E-state index is -0.989. The SMILES string of the molecule is O=C(CC1(C(=O)O)CCCNCC1)OCc1ccccc1. The van der Waals surface area contributed by atoms with Gasteiger partial charge in [0.15, 0.2) is 0 Å². The van der Waals surface area contributed by atoms with Gasteiger partial charge in [0.05, 0.1) is 11.8 Å². The van der Waals surface area contributed by atoms with Gasteiger partial charge in [0.25, 0.3) is 0 Å². The Morgan fingerprint density at radius 1 is 1.19 bits per heavy atom. The summed E-state index contributed by atoms with van der Waals surface area (Å²) in [5.41, 5.74) is -0.0881. The first-order chi connectivity index (χ1) is 10.1. The molecule has 0 aromatic heterocycles. The largest absolute Gasteiger partial charge is 0.481 e. The molecule has 1 aliphatic rings. The fourth-order valence-corrected chi connectivity index (χ4v) is 2.66. The molecule has 114 valence electrons. The molecule has 5 nitrogen and oxygen atoms in total. The van der Waals surface area contributed by atoms with Gasteiger partial charge in [-0.15, -0.1) is 0 Å². The molecule has 0 radical (unpaired) electrons. The van der Waals surface area contributed by atoms with E-state index < -0.39 is 17.4 Å². The fraction of sp³-hybridized carbons (Fsp3) is 0.500. The Morgan fingerprint density at radius 3 is 2.67 bits per heavy atom. The molecular formula is C16H21NO4. The zero-order valence-electron chi connectivity index (χ0n) is 12.0. The van der Waals surface area contributed by atoms with Gasteiger partial charge in [-0.3, -0.25) is 9.59 Å². The summed E-state index contributed by atoms with van der Waals surface area (Å²) in [6, 6.07) is 9.38. The molecule has 0 spiro atoms. The Bertz CT molecular complexity index is 478. The van der Waals surface area contributed by atoms with E-state index in [9.17, 15) is 14.7 Å². The lowest BCUT2D eigenvalue weighted by molar-refractivity contribution is -0.159. The summed E-state index contributed by atoms with van der Waals surface area (Å²) in [7, 11) is 0. The van der Waals surface area contributed by atoms with Gasteiger partial charge < -0.3 is 15.2 Å². The lowest BCUT2D eigenvalue weighted by Crippen LogP contribution is -2.35. The van der Waals surface area contributed by atoms with Gasteiger partial charge >= 0.3 is 11.9 Å². The molecule has 1 unspecified atom stereocenters. The number of carbonyl (C=O) groups excluding carboxylic acids is 1. The molecule has 0 bridgehead atoms. The number of hydrogen-bond acceptors (Lipinski definition) is 4. The van der Waals surface area contributed by atoms with Crippen molar-refractivity contribution in [2.24, 2.45) is 5.41 Å². The van der Waals surface area contributed by atoms with Gasteiger partial charge in [-0.25, -0.2) is 0 Å². The second-order valence-corrected chi connectivity index (χ2v) is 5.51. The van der Waals surface area contributed by atoms with Crippen LogP contribution in [0.1, 0.15) is 31.2 Å². The summed E-state index contributed by atoms with van der Waals surface area (Å²) in [5.74, 6) is -1.34. The number of ether oxygens (including phenoxy) is 1. The van der Waals surface area contributed by atoms with Crippen LogP contribution < -0.4 is 5.32 Å². The topological polar surface area (TPSA) is 75.6 Å². The predicted molar refractivity (Wildman–Crippen MR) is 77.6 cm³/mol. The quantitative estimate of drug-likeness (QED) is 0.811. The number of rotatable bonds is 5. The summed E-state index contributed by atoms with van der Waals surface area (Å²) in [5, 5.41) is 12.7. The molecule has 1 aromatic carbocycles. The lowest BCUT2D eigenvalue weighted by atomic mass is 9.78. The molecule has 2 N–H and O–H groups in total. The van der Waals surface area contributed by atoms with E-state index >= 15 is 0 Å². The molecule has 5 heteroatoms. The highest BCUT2D eigenvalue weighted by molar-refractivity contribution is 5.82. The molecule has 0 saturated carbocycles. The average molecular weight is 291 g/mol. The Hall–Kier alpha value is -1.88. The number of carboxylic acid groups (broad SMARTS) is 1. The van der Waals surface area contributed by atoms with Crippen LogP contribution in [0.5, 0.6) is 0 Å². The number of carboxylic acids is 1. The Morgan fingerprint density at radius 2 is 1.95 bits per heavy atom. The monoisotopic (exact) mass is 291 g/mol. The van der Waals surface area contributed by atoms with Crippen molar-refractivity contribution in [2.75, 3.05) is 13.1 Å². The summed E-state index contributed by atoms with van der Waals surface area (Å²) in [4.78, 5) is 23.6. The van der Waals surface area contributed by atoms with Crippen LogP contribution in [-0.2, 0) is 20.9 Å². The summed E-state index contributed by atoms with van der Waals surface area (Å²) < 4.78 is 5.22. The highest BCUT2D eigenvalue weighted by Gasteiger charge is 2.41. The van der Waals surface area contributed by atoms with Crippen LogP contribution >= 0.6 is 0 Å². The number of esters is 1. The summed E-state index contributed by atoms with van der Waals surface area (Å²) in [6.45, 7) is 1.61. The number of nitrogens with one attached hydrogen (secondary N) is 1. The van der Waals surface area contributed by atoms with Crippen LogP contribution in [0.2, 0.25) is 0 Å². The van der Waals surface area contributed by atoms with Crippen molar-refractivity contribution < 1.29 is 19.4 Å². The van der Waals surface area contributed by atoms with E-state index in [0.29, 0.717) is 19.4 Å². The van der Waals surface area contributed by atoms with Gasteiger partial charge in [-0.1, -0.05) is 30.3 Å². The fourth-order valence-electron chi connectivity index (χ4n) is 2.66. The maximum atomic E-state index is 12.0. The van der Waals surface area contributed by atoms with Crippen LogP contribution in [-0.4, -0.2) is 30.1 Å². The molecule has 1 aliphatic heterocycles. The molecule has 1 fully saturated rings. The molecule has 1 saturated heterocycles. The van der Waals surface area contributed by atoms with Crippen molar-refractivity contribution in [3.63, 3.8) is 0 Å². The van der Waals surface area contributed by atoms with Crippen molar-refractivity contribution in [3.8, 4) is 0 Å². The molecule has 2 rings (SSSR count). The van der Waals surface area contributed by atoms with E-state index in [2.05, 4.69) is 5.32 Å². The van der Waals surface area contributed by atoms with E-state index in [0.717, 1.165) is 18.5 Å². The van der Waals surface area contributed by atoms with Gasteiger partial charge in [-0.05, 0) is 37.9 Å². The first-order valence-corrected chi connectivity index (χ1v) is 7.26. The number of carbonyl (C=O) groups is 2. The van der Waals surface area contributed by atoms with Gasteiger partial charge in [0, 0.05) is 0 Å². The molecule has 0 aliphatic carbocycles. The number of aliphatic carboxylic acids is 1. The Kier molecular flexibility index (Phi) is 5.33. The zero-order valence-corrected chi connectivity index (χ0v) is 12.0. The van der Waals surface area contributed by atoms with Crippen molar-refractivity contribution in [2.45, 2.75) is 32.3 Å². The van der Waals surface area contributed by atoms with E-state index in [1.807, 2.05) is 30.3 Å². The van der Waals surface area contributed by atoms with E-state index in [-0.39, 0.29) is 13.0 Å². The Balaban J connectivity index is 1.93. The summed E-state index contributed by atoms with van der Waals surface area (Å²) >= 11 is 0. The number of benzene rings is 1. The van der Waals surface area contributed by atoms with Crippen LogP contribution in [0.3, 0.4) is 0 Å². The van der Waals surface area contributed by atoms with E-state index in [1.54, 1.807) is 0 Å². The van der Waals surface area contributed by atoms with E-state index in [1.165, 1.54) is 0 Å². The minimum absolute atomic E-state index is 0.0587. The third-order valence-corrected chi connectivity index (χ3v) is 3.97. The maximum absolute atomic E-state index is 12.0. The van der Waals surface area contributed by atoms with Crippen LogP contribution in [0.4, 0.5) is 0 Å². The molecular weight excluding hydrogens is 270 g/mol. The van der Waals surface area contributed by atoms with Gasteiger partial charge in [0.2, 0.25) is 0 Å². The minimum Gasteiger partial charge on any atom is -0.481 e. The van der Waals surface area contributed by atoms with Crippen molar-refractivity contribution in [3.05, 3.63) is 35.9 Å². The molecule has 0 amide bonds. The van der Waals surface area contributed by atoms with Crippen molar-refractivity contribution in [1.82, 2.24) is 5.32 Å². The van der Waals surface area contributed by atoms with Crippen LogP contribution in [0, 0.1) is 5.41 Å². The highest BCUT2D eigenvalue weighted by Crippen LogP contribution is 2.34. The molecule has 1 aromatic rings. The predicted octanol–water partition coefficient (Wildman–Crippen LogP) is 1.96. The second-order valence-electron chi connectivity index (χ2n) is 5.51. The van der Waals surface area contributed by atoms with E-state index in [4.69, 9.17) is 4.74 Å². The Labute approximate surface area is 124 Å². The molecule has 1 atom stereocenters. The first-order valence-electron chi connectivity index (χ1n) is 7.26. The second kappa shape index (κ2) is 7.22. The van der Waals surface area contributed by atoms with Gasteiger partial charge in [0.1, 0.15) is 6.61 Å². The molecule has 21 heavy (non-hydrogen) atoms. The van der Waals surface area contributed by atoms with Crippen molar-refractivity contribution in [1.29, 1.82) is 0 Å². The standard InChI is InChI=1S/C16H21NO4/c18-14(21-12-13-5-2-1-3-6-13)11-16(15(19)20)7-4-9-17-10-8-16/h1-3,5-6,17H,4,7-12H2,(H,19,20). The third-order valence-electron chi connectivity index (χ3n) is 3.97. The summed E-state index contributed by atoms with van der Waals surface area (Å²) in [6.07, 6.45) is 1.67. The van der Waals surface area contributed by atoms with Crippen molar-refractivity contribution >= 4 is 11.9 Å². The smallest absolute Gasteiger partial charge is 0.310 e. The average Bonchev–Trinajstić information content (AvgIpc) is 2.73. The lowest BCUT2D eigenvalue weighted by Gasteiger charge is -2.26. The van der Waals surface area contributed by atoms with Crippen LogP contribution in [0.25, 0.3) is 0 Å².